The number of epoxide rings is 1. The minimum absolute atomic E-state index is 0.321. The first kappa shape index (κ1) is 17.7. The third-order valence-electron chi connectivity index (χ3n) is 10.8. The van der Waals surface area contributed by atoms with Crippen LogP contribution in [-0.4, -0.2) is 31.2 Å². The molecule has 0 amide bonds. The van der Waals surface area contributed by atoms with Crippen LogP contribution < -0.4 is 0 Å². The molecule has 0 bridgehead atoms. The molecule has 3 nitrogen and oxygen atoms in total. The molecule has 2 saturated heterocycles. The monoisotopic (exact) mass is 374 g/mol. The van der Waals surface area contributed by atoms with E-state index in [2.05, 4.69) is 20.8 Å². The Labute approximate surface area is 164 Å². The topological polar surface area (TPSA) is 31.0 Å². The van der Waals surface area contributed by atoms with Crippen molar-refractivity contribution >= 4 is 0 Å². The van der Waals surface area contributed by atoms with Crippen molar-refractivity contribution < 1.29 is 14.2 Å². The summed E-state index contributed by atoms with van der Waals surface area (Å²) in [5, 5.41) is 0. The van der Waals surface area contributed by atoms with Gasteiger partial charge in [0.25, 0.3) is 0 Å². The summed E-state index contributed by atoms with van der Waals surface area (Å²) < 4.78 is 18.3. The number of rotatable bonds is 1. The van der Waals surface area contributed by atoms with Gasteiger partial charge in [0.2, 0.25) is 0 Å². The maximum absolute atomic E-state index is 6.17. The Hall–Kier alpha value is -0.120. The van der Waals surface area contributed by atoms with Crippen LogP contribution in [0.25, 0.3) is 0 Å². The summed E-state index contributed by atoms with van der Waals surface area (Å²) in [7, 11) is 0. The molecule has 0 aromatic rings. The largest absolute Gasteiger partial charge is 0.370 e. The van der Waals surface area contributed by atoms with Gasteiger partial charge in [0.05, 0.1) is 25.4 Å². The molecule has 27 heavy (non-hydrogen) atoms. The third kappa shape index (κ3) is 2.31. The number of hydrogen-bond donors (Lipinski definition) is 0. The molecule has 8 atom stereocenters. The summed E-state index contributed by atoms with van der Waals surface area (Å²) in [6, 6.07) is 0. The molecule has 4 saturated carbocycles. The van der Waals surface area contributed by atoms with Crippen LogP contribution in [0.4, 0.5) is 0 Å². The standard InChI is InChI=1S/C24H38O3/c1-21-10-11-24(15-27-24)14-16(21)4-5-17-18-6-7-20(23(3)25-12-13-26-23)22(18,2)9-8-19(17)21/h16-20H,4-15H2,1-3H3/t16?,17?,18?,19?,20-,21-,22-,24+/m0/s1. The van der Waals surface area contributed by atoms with Crippen LogP contribution in [0.1, 0.15) is 78.6 Å². The molecule has 0 aromatic heterocycles. The summed E-state index contributed by atoms with van der Waals surface area (Å²) >= 11 is 0. The van der Waals surface area contributed by atoms with Crippen LogP contribution in [0.15, 0.2) is 0 Å². The maximum atomic E-state index is 6.17. The predicted molar refractivity (Wildman–Crippen MR) is 104 cm³/mol. The lowest BCUT2D eigenvalue weighted by molar-refractivity contribution is -0.218. The van der Waals surface area contributed by atoms with Gasteiger partial charge in [0.1, 0.15) is 0 Å². The van der Waals surface area contributed by atoms with E-state index < -0.39 is 0 Å². The first-order valence-electron chi connectivity index (χ1n) is 11.8. The fraction of sp³-hybridized carbons (Fsp3) is 1.00. The van der Waals surface area contributed by atoms with Crippen LogP contribution in [0, 0.1) is 40.4 Å². The van der Waals surface area contributed by atoms with E-state index in [1.807, 2.05) is 0 Å². The molecule has 4 unspecified atom stereocenters. The molecule has 6 fully saturated rings. The van der Waals surface area contributed by atoms with Crippen molar-refractivity contribution in [3.05, 3.63) is 0 Å². The second-order valence-corrected chi connectivity index (χ2v) is 11.7. The van der Waals surface area contributed by atoms with Gasteiger partial charge in [-0.2, -0.15) is 0 Å². The Balaban J connectivity index is 1.27. The zero-order chi connectivity index (χ0) is 18.5. The second-order valence-electron chi connectivity index (χ2n) is 11.7. The van der Waals surface area contributed by atoms with E-state index >= 15 is 0 Å². The first-order chi connectivity index (χ1) is 12.9. The smallest absolute Gasteiger partial charge is 0.169 e. The molecule has 3 heteroatoms. The van der Waals surface area contributed by atoms with Crippen LogP contribution in [0.3, 0.4) is 0 Å². The Kier molecular flexibility index (Phi) is 3.62. The first-order valence-corrected chi connectivity index (χ1v) is 11.8. The van der Waals surface area contributed by atoms with Crippen molar-refractivity contribution in [3.63, 3.8) is 0 Å². The zero-order valence-corrected chi connectivity index (χ0v) is 17.6. The lowest BCUT2D eigenvalue weighted by Gasteiger charge is -2.61. The van der Waals surface area contributed by atoms with Crippen molar-refractivity contribution in [1.29, 1.82) is 0 Å². The summed E-state index contributed by atoms with van der Waals surface area (Å²) in [5.74, 6) is 3.94. The average Bonchev–Trinajstić information content (AvgIpc) is 3.07. The van der Waals surface area contributed by atoms with Gasteiger partial charge in [-0.05, 0) is 99.2 Å². The van der Waals surface area contributed by atoms with E-state index in [0.717, 1.165) is 43.5 Å². The zero-order valence-electron chi connectivity index (χ0n) is 17.6. The second kappa shape index (κ2) is 5.52. The van der Waals surface area contributed by atoms with Crippen molar-refractivity contribution in [2.75, 3.05) is 19.8 Å². The van der Waals surface area contributed by atoms with E-state index in [9.17, 15) is 0 Å². The molecule has 2 aliphatic heterocycles. The predicted octanol–water partition coefficient (Wildman–Crippen LogP) is 5.18. The van der Waals surface area contributed by atoms with E-state index in [-0.39, 0.29) is 5.79 Å². The SMILES string of the molecule is CC1([C@H]2CCC3C4CCC5C[C@]6(CC[C@]5(C)C4CC[C@@]32C)CO6)OCCO1. The molecule has 6 aliphatic rings. The molecule has 0 N–H and O–H groups in total. The highest BCUT2D eigenvalue weighted by Crippen LogP contribution is 2.70. The summed E-state index contributed by atoms with van der Waals surface area (Å²) in [5.41, 5.74) is 1.31. The van der Waals surface area contributed by atoms with Crippen molar-refractivity contribution in [2.45, 2.75) is 89.9 Å². The highest BCUT2D eigenvalue weighted by atomic mass is 16.7. The Bertz CT molecular complexity index is 621. The van der Waals surface area contributed by atoms with Crippen molar-refractivity contribution in [1.82, 2.24) is 0 Å². The average molecular weight is 375 g/mol. The third-order valence-corrected chi connectivity index (χ3v) is 10.8. The summed E-state index contributed by atoms with van der Waals surface area (Å²) in [4.78, 5) is 0. The number of fused-ring (bicyclic) bond motifs is 5. The lowest BCUT2D eigenvalue weighted by atomic mass is 9.44. The van der Waals surface area contributed by atoms with E-state index in [4.69, 9.17) is 14.2 Å². The van der Waals surface area contributed by atoms with Gasteiger partial charge in [0, 0.05) is 5.92 Å². The Morgan fingerprint density at radius 1 is 0.704 bits per heavy atom. The molecule has 0 radical (unpaired) electrons. The van der Waals surface area contributed by atoms with Crippen LogP contribution in [0.5, 0.6) is 0 Å². The molecular formula is C24H38O3. The Morgan fingerprint density at radius 3 is 2.19 bits per heavy atom. The molecule has 0 aromatic carbocycles. The summed E-state index contributed by atoms with van der Waals surface area (Å²) in [6.45, 7) is 10.1. The van der Waals surface area contributed by atoms with Gasteiger partial charge in [-0.3, -0.25) is 0 Å². The Morgan fingerprint density at radius 2 is 1.44 bits per heavy atom. The lowest BCUT2D eigenvalue weighted by Crippen LogP contribution is -2.56. The molecule has 4 aliphatic carbocycles. The van der Waals surface area contributed by atoms with Gasteiger partial charge in [-0.15, -0.1) is 0 Å². The molecule has 2 heterocycles. The normalized spacial score (nSPS) is 58.6. The van der Waals surface area contributed by atoms with Gasteiger partial charge < -0.3 is 14.2 Å². The number of ether oxygens (including phenoxy) is 3. The van der Waals surface area contributed by atoms with Gasteiger partial charge in [-0.1, -0.05) is 13.8 Å². The van der Waals surface area contributed by atoms with Gasteiger partial charge >= 0.3 is 0 Å². The summed E-state index contributed by atoms with van der Waals surface area (Å²) in [6.07, 6.45) is 12.5. The molecule has 152 valence electrons. The minimum atomic E-state index is -0.321. The van der Waals surface area contributed by atoms with E-state index in [1.165, 1.54) is 57.8 Å². The number of hydrogen-bond acceptors (Lipinski definition) is 3. The maximum Gasteiger partial charge on any atom is 0.169 e. The van der Waals surface area contributed by atoms with Crippen molar-refractivity contribution in [2.24, 2.45) is 40.4 Å². The van der Waals surface area contributed by atoms with Crippen LogP contribution in [-0.2, 0) is 14.2 Å². The van der Waals surface area contributed by atoms with Crippen LogP contribution in [0.2, 0.25) is 0 Å². The fourth-order valence-electron chi connectivity index (χ4n) is 9.27. The molecule has 1 spiro atoms. The molecular weight excluding hydrogens is 336 g/mol. The van der Waals surface area contributed by atoms with E-state index in [0.29, 0.717) is 22.3 Å². The van der Waals surface area contributed by atoms with Crippen LogP contribution >= 0.6 is 0 Å². The van der Waals surface area contributed by atoms with Gasteiger partial charge in [-0.25, -0.2) is 0 Å². The quantitative estimate of drug-likeness (QED) is 0.593. The van der Waals surface area contributed by atoms with E-state index in [1.54, 1.807) is 0 Å². The van der Waals surface area contributed by atoms with Crippen molar-refractivity contribution in [3.8, 4) is 0 Å². The van der Waals surface area contributed by atoms with Gasteiger partial charge in [0.15, 0.2) is 5.79 Å². The highest BCUT2D eigenvalue weighted by molar-refractivity contribution is 5.13. The fourth-order valence-corrected chi connectivity index (χ4v) is 9.27. The molecule has 6 rings (SSSR count). The highest BCUT2D eigenvalue weighted by Gasteiger charge is 2.65. The minimum Gasteiger partial charge on any atom is -0.370 e.